The summed E-state index contributed by atoms with van der Waals surface area (Å²) in [5.74, 6) is -0.160. The monoisotopic (exact) mass is 304 g/mol. The first-order valence-corrected chi connectivity index (χ1v) is 7.88. The fraction of sp³-hybridized carbons (Fsp3) is 0.529. The van der Waals surface area contributed by atoms with Gasteiger partial charge < -0.3 is 10.2 Å². The van der Waals surface area contributed by atoms with Gasteiger partial charge in [-0.05, 0) is 55.9 Å². The van der Waals surface area contributed by atoms with E-state index in [1.54, 1.807) is 0 Å². The van der Waals surface area contributed by atoms with Gasteiger partial charge in [0.05, 0.1) is 0 Å². The van der Waals surface area contributed by atoms with Crippen molar-refractivity contribution in [2.75, 3.05) is 18.4 Å². The molecule has 22 heavy (non-hydrogen) atoms. The molecule has 1 unspecified atom stereocenters. The second-order valence-electron chi connectivity index (χ2n) is 6.54. The predicted molar refractivity (Wildman–Crippen MR) is 81.7 cm³/mol. The van der Waals surface area contributed by atoms with E-state index in [0.29, 0.717) is 24.4 Å². The highest BCUT2D eigenvalue weighted by Crippen LogP contribution is 2.48. The number of rotatable bonds is 3. The number of carbonyl (C=O) groups excluding carboxylic acids is 2. The highest BCUT2D eigenvalue weighted by Gasteiger charge is 2.58. The van der Waals surface area contributed by atoms with E-state index in [2.05, 4.69) is 12.2 Å². The number of hydrogen-bond acceptors (Lipinski definition) is 2. The Balaban J connectivity index is 1.68. The van der Waals surface area contributed by atoms with Crippen molar-refractivity contribution in [1.82, 2.24) is 4.90 Å². The first-order valence-electron chi connectivity index (χ1n) is 7.88. The Hall–Kier alpha value is -1.91. The van der Waals surface area contributed by atoms with E-state index in [1.165, 1.54) is 24.3 Å². The summed E-state index contributed by atoms with van der Waals surface area (Å²) in [4.78, 5) is 27.1. The number of hydrogen-bond donors (Lipinski definition) is 1. The number of amides is 2. The average Bonchev–Trinajstić information content (AvgIpc) is 3.30. The third-order valence-electron chi connectivity index (χ3n) is 4.64. The Labute approximate surface area is 129 Å². The number of nitrogens with one attached hydrogen (secondary N) is 1. The van der Waals surface area contributed by atoms with Gasteiger partial charge >= 0.3 is 0 Å². The summed E-state index contributed by atoms with van der Waals surface area (Å²) in [5.41, 5.74) is -0.372. The molecule has 0 aromatic heterocycles. The number of benzene rings is 1. The van der Waals surface area contributed by atoms with Gasteiger partial charge in [-0.1, -0.05) is 6.92 Å². The molecule has 3 rings (SSSR count). The third kappa shape index (κ3) is 2.85. The molecule has 1 aromatic rings. The Morgan fingerprint density at radius 3 is 2.55 bits per heavy atom. The van der Waals surface area contributed by atoms with Gasteiger partial charge in [-0.25, -0.2) is 4.39 Å². The number of piperidine rings is 1. The quantitative estimate of drug-likeness (QED) is 0.873. The van der Waals surface area contributed by atoms with Crippen molar-refractivity contribution in [1.29, 1.82) is 0 Å². The Bertz CT molecular complexity index is 581. The lowest BCUT2D eigenvalue weighted by molar-refractivity contribution is -0.143. The number of likely N-dealkylation sites (tertiary alicyclic amines) is 1. The van der Waals surface area contributed by atoms with Crippen LogP contribution >= 0.6 is 0 Å². The van der Waals surface area contributed by atoms with Gasteiger partial charge in [0.1, 0.15) is 11.2 Å². The van der Waals surface area contributed by atoms with Crippen LogP contribution in [0, 0.1) is 17.2 Å². The molecule has 1 N–H and O–H groups in total. The Morgan fingerprint density at radius 1 is 1.27 bits per heavy atom. The molecule has 2 aliphatic rings. The summed E-state index contributed by atoms with van der Waals surface area (Å²) >= 11 is 0. The molecule has 0 bridgehead atoms. The van der Waals surface area contributed by atoms with Crippen molar-refractivity contribution in [2.24, 2.45) is 11.3 Å². The van der Waals surface area contributed by atoms with Crippen molar-refractivity contribution in [3.63, 3.8) is 0 Å². The highest BCUT2D eigenvalue weighted by molar-refractivity contribution is 6.13. The molecule has 1 heterocycles. The van der Waals surface area contributed by atoms with Gasteiger partial charge in [0.2, 0.25) is 11.8 Å². The second kappa shape index (κ2) is 5.71. The summed E-state index contributed by atoms with van der Waals surface area (Å²) < 4.78 is 12.9. The summed E-state index contributed by atoms with van der Waals surface area (Å²) in [5, 5.41) is 2.75. The third-order valence-corrected chi connectivity index (χ3v) is 4.64. The minimum absolute atomic E-state index is 0.0429. The summed E-state index contributed by atoms with van der Waals surface area (Å²) in [6.07, 6.45) is 3.34. The number of anilines is 1. The smallest absolute Gasteiger partial charge is 0.240 e. The van der Waals surface area contributed by atoms with Crippen LogP contribution in [0.5, 0.6) is 0 Å². The maximum Gasteiger partial charge on any atom is 0.240 e. The van der Waals surface area contributed by atoms with Crippen LogP contribution in [-0.2, 0) is 9.59 Å². The maximum atomic E-state index is 12.9. The van der Waals surface area contributed by atoms with E-state index >= 15 is 0 Å². The Morgan fingerprint density at radius 2 is 1.95 bits per heavy atom. The van der Waals surface area contributed by atoms with Crippen LogP contribution in [0.3, 0.4) is 0 Å². The zero-order valence-corrected chi connectivity index (χ0v) is 12.8. The van der Waals surface area contributed by atoms with Crippen LogP contribution in [-0.4, -0.2) is 29.8 Å². The molecule has 0 spiro atoms. The molecule has 4 nitrogen and oxygen atoms in total. The molecular formula is C17H21FN2O2. The van der Waals surface area contributed by atoms with Gasteiger partial charge in [-0.15, -0.1) is 0 Å². The molecule has 118 valence electrons. The van der Waals surface area contributed by atoms with Crippen LogP contribution in [0.25, 0.3) is 0 Å². The van der Waals surface area contributed by atoms with Crippen molar-refractivity contribution in [3.8, 4) is 0 Å². The van der Waals surface area contributed by atoms with E-state index in [1.807, 2.05) is 4.90 Å². The lowest BCUT2D eigenvalue weighted by atomic mass is 9.96. The molecule has 5 heteroatoms. The molecule has 1 atom stereocenters. The first-order chi connectivity index (χ1) is 10.5. The van der Waals surface area contributed by atoms with E-state index in [9.17, 15) is 14.0 Å². The molecule has 1 aliphatic heterocycles. The molecule has 1 saturated heterocycles. The van der Waals surface area contributed by atoms with Crippen LogP contribution in [0.15, 0.2) is 24.3 Å². The SMILES string of the molecule is CC1CCCN(C(=O)C2(C(=O)Nc3ccc(F)cc3)CC2)C1. The van der Waals surface area contributed by atoms with Gasteiger partial charge in [-0.3, -0.25) is 9.59 Å². The maximum absolute atomic E-state index is 12.9. The van der Waals surface area contributed by atoms with E-state index in [0.717, 1.165) is 25.9 Å². The fourth-order valence-corrected chi connectivity index (χ4v) is 3.12. The normalized spacial score (nSPS) is 23.0. The molecule has 0 radical (unpaired) electrons. The van der Waals surface area contributed by atoms with Crippen molar-refractivity contribution in [2.45, 2.75) is 32.6 Å². The molecule has 2 amide bonds. The number of nitrogens with zero attached hydrogens (tertiary/aromatic N) is 1. The van der Waals surface area contributed by atoms with E-state index in [4.69, 9.17) is 0 Å². The second-order valence-corrected chi connectivity index (χ2v) is 6.54. The zero-order valence-electron chi connectivity index (χ0n) is 12.8. The largest absolute Gasteiger partial charge is 0.342 e. The minimum atomic E-state index is -0.897. The van der Waals surface area contributed by atoms with Crippen molar-refractivity contribution in [3.05, 3.63) is 30.1 Å². The zero-order chi connectivity index (χ0) is 15.7. The minimum Gasteiger partial charge on any atom is -0.342 e. The summed E-state index contributed by atoms with van der Waals surface area (Å²) in [6, 6.07) is 5.61. The molecule has 1 saturated carbocycles. The van der Waals surface area contributed by atoms with E-state index < -0.39 is 5.41 Å². The fourth-order valence-electron chi connectivity index (χ4n) is 3.12. The molecule has 1 aliphatic carbocycles. The van der Waals surface area contributed by atoms with Crippen molar-refractivity contribution < 1.29 is 14.0 Å². The molecule has 2 fully saturated rings. The summed E-state index contributed by atoms with van der Waals surface area (Å²) in [7, 11) is 0. The average molecular weight is 304 g/mol. The van der Waals surface area contributed by atoms with Crippen LogP contribution in [0.2, 0.25) is 0 Å². The van der Waals surface area contributed by atoms with E-state index in [-0.39, 0.29) is 17.6 Å². The van der Waals surface area contributed by atoms with Crippen LogP contribution in [0.4, 0.5) is 10.1 Å². The number of halogens is 1. The lowest BCUT2D eigenvalue weighted by Gasteiger charge is -2.33. The lowest BCUT2D eigenvalue weighted by Crippen LogP contribution is -2.46. The van der Waals surface area contributed by atoms with Crippen molar-refractivity contribution >= 4 is 17.5 Å². The van der Waals surface area contributed by atoms with Gasteiger partial charge in [0.25, 0.3) is 0 Å². The topological polar surface area (TPSA) is 49.4 Å². The standard InChI is InChI=1S/C17H21FN2O2/c1-12-3-2-10-20(11-12)16(22)17(8-9-17)15(21)19-14-6-4-13(18)5-7-14/h4-7,12H,2-3,8-11H2,1H3,(H,19,21). The summed E-state index contributed by atoms with van der Waals surface area (Å²) in [6.45, 7) is 3.62. The van der Waals surface area contributed by atoms with Crippen LogP contribution < -0.4 is 5.32 Å². The molecular weight excluding hydrogens is 283 g/mol. The first kappa shape index (κ1) is 15.0. The number of carbonyl (C=O) groups is 2. The van der Waals surface area contributed by atoms with Gasteiger partial charge in [0, 0.05) is 18.8 Å². The van der Waals surface area contributed by atoms with Gasteiger partial charge in [0.15, 0.2) is 0 Å². The molecule has 1 aromatic carbocycles. The van der Waals surface area contributed by atoms with Crippen LogP contribution in [0.1, 0.15) is 32.6 Å². The van der Waals surface area contributed by atoms with Gasteiger partial charge in [-0.2, -0.15) is 0 Å². The Kier molecular flexibility index (Phi) is 3.89. The highest BCUT2D eigenvalue weighted by atomic mass is 19.1. The predicted octanol–water partition coefficient (Wildman–Crippen LogP) is 2.80.